The van der Waals surface area contributed by atoms with E-state index in [1.54, 1.807) is 0 Å². The van der Waals surface area contributed by atoms with Gasteiger partial charge in [-0.15, -0.1) is 0 Å². The Kier molecular flexibility index (Phi) is 4.84. The average molecular weight is 284 g/mol. The lowest BCUT2D eigenvalue weighted by molar-refractivity contribution is -0.120. The Morgan fingerprint density at radius 3 is 2.43 bits per heavy atom. The Balaban J connectivity index is 2.04. The molecule has 3 nitrogen and oxygen atoms in total. The van der Waals surface area contributed by atoms with Gasteiger partial charge < -0.3 is 10.2 Å². The minimum Gasteiger partial charge on any atom is -0.365 e. The summed E-state index contributed by atoms with van der Waals surface area (Å²) in [5, 5.41) is 5.44. The van der Waals surface area contributed by atoms with E-state index in [4.69, 9.17) is 0 Å². The zero-order chi connectivity index (χ0) is 15.4. The van der Waals surface area contributed by atoms with E-state index in [0.29, 0.717) is 12.5 Å². The maximum atomic E-state index is 12.1. The summed E-state index contributed by atoms with van der Waals surface area (Å²) in [6, 6.07) is 14.7. The zero-order valence-corrected chi connectivity index (χ0v) is 13.3. The van der Waals surface area contributed by atoms with Gasteiger partial charge in [-0.25, -0.2) is 0 Å². The van der Waals surface area contributed by atoms with Gasteiger partial charge >= 0.3 is 0 Å². The Morgan fingerprint density at radius 2 is 1.76 bits per heavy atom. The van der Waals surface area contributed by atoms with Gasteiger partial charge in [0.15, 0.2) is 0 Å². The molecule has 0 radical (unpaired) electrons. The van der Waals surface area contributed by atoms with Gasteiger partial charge in [-0.05, 0) is 35.7 Å². The lowest BCUT2D eigenvalue weighted by atomic mass is 10.1. The molecule has 0 aliphatic heterocycles. The summed E-state index contributed by atoms with van der Waals surface area (Å²) in [5.74, 6) is 0.506. The second-order valence-electron chi connectivity index (χ2n) is 5.99. The third-order valence-electron chi connectivity index (χ3n) is 3.94. The van der Waals surface area contributed by atoms with Gasteiger partial charge in [0.05, 0.1) is 6.54 Å². The Labute approximate surface area is 127 Å². The molecule has 0 saturated heterocycles. The number of carbonyl (C=O) groups is 1. The van der Waals surface area contributed by atoms with Crippen molar-refractivity contribution in [2.45, 2.75) is 26.8 Å². The van der Waals surface area contributed by atoms with E-state index >= 15 is 0 Å². The molecule has 1 N–H and O–H groups in total. The van der Waals surface area contributed by atoms with Crippen LogP contribution in [0.4, 0.5) is 5.69 Å². The van der Waals surface area contributed by atoms with Gasteiger partial charge in [-0.2, -0.15) is 0 Å². The topological polar surface area (TPSA) is 32.3 Å². The molecule has 0 aliphatic carbocycles. The highest BCUT2D eigenvalue weighted by Gasteiger charge is 2.13. The lowest BCUT2D eigenvalue weighted by Gasteiger charge is -2.22. The largest absolute Gasteiger partial charge is 0.365 e. The van der Waals surface area contributed by atoms with Crippen LogP contribution in [0.1, 0.15) is 20.8 Å². The van der Waals surface area contributed by atoms with E-state index < -0.39 is 0 Å². The fourth-order valence-electron chi connectivity index (χ4n) is 2.19. The summed E-state index contributed by atoms with van der Waals surface area (Å²) in [5.41, 5.74) is 1.06. The average Bonchev–Trinajstić information content (AvgIpc) is 2.46. The first kappa shape index (κ1) is 15.4. The SMILES string of the molecule is CC(C)C(C)NC(=O)CN(C)c1ccc2ccccc2c1. The molecular formula is C18H24N2O. The second kappa shape index (κ2) is 6.61. The summed E-state index contributed by atoms with van der Waals surface area (Å²) in [6.07, 6.45) is 0. The molecule has 0 aromatic heterocycles. The fraction of sp³-hybridized carbons (Fsp3) is 0.389. The number of amides is 1. The van der Waals surface area contributed by atoms with Crippen LogP contribution in [0.2, 0.25) is 0 Å². The first-order chi connectivity index (χ1) is 9.97. The standard InChI is InChI=1S/C18H24N2O/c1-13(2)14(3)19-18(21)12-20(4)17-10-9-15-7-5-6-8-16(15)11-17/h5-11,13-14H,12H2,1-4H3,(H,19,21). The number of hydrogen-bond donors (Lipinski definition) is 1. The Morgan fingerprint density at radius 1 is 1.10 bits per heavy atom. The van der Waals surface area contributed by atoms with Crippen LogP contribution in [-0.4, -0.2) is 25.5 Å². The van der Waals surface area contributed by atoms with Crippen LogP contribution in [0.25, 0.3) is 10.8 Å². The van der Waals surface area contributed by atoms with Gasteiger partial charge in [-0.1, -0.05) is 44.2 Å². The van der Waals surface area contributed by atoms with Crippen molar-refractivity contribution in [3.8, 4) is 0 Å². The van der Waals surface area contributed by atoms with E-state index in [9.17, 15) is 4.79 Å². The molecule has 1 unspecified atom stereocenters. The summed E-state index contributed by atoms with van der Waals surface area (Å²) in [4.78, 5) is 14.0. The van der Waals surface area contributed by atoms with Crippen molar-refractivity contribution in [2.24, 2.45) is 5.92 Å². The normalized spacial score (nSPS) is 12.4. The van der Waals surface area contributed by atoms with Crippen molar-refractivity contribution < 1.29 is 4.79 Å². The minimum absolute atomic E-state index is 0.0619. The molecule has 2 rings (SSSR count). The summed E-state index contributed by atoms with van der Waals surface area (Å²) in [7, 11) is 1.95. The predicted molar refractivity (Wildman–Crippen MR) is 89.7 cm³/mol. The third kappa shape index (κ3) is 3.97. The maximum absolute atomic E-state index is 12.1. The molecule has 1 amide bonds. The van der Waals surface area contributed by atoms with Crippen LogP contribution >= 0.6 is 0 Å². The summed E-state index contributed by atoms with van der Waals surface area (Å²) < 4.78 is 0. The lowest BCUT2D eigenvalue weighted by Crippen LogP contribution is -2.41. The molecule has 0 heterocycles. The molecule has 21 heavy (non-hydrogen) atoms. The van der Waals surface area contributed by atoms with Gasteiger partial charge in [0.2, 0.25) is 5.91 Å². The first-order valence-corrected chi connectivity index (χ1v) is 7.46. The van der Waals surface area contributed by atoms with Crippen molar-refractivity contribution in [3.63, 3.8) is 0 Å². The highest BCUT2D eigenvalue weighted by atomic mass is 16.2. The number of fused-ring (bicyclic) bond motifs is 1. The number of nitrogens with zero attached hydrogens (tertiary/aromatic N) is 1. The van der Waals surface area contributed by atoms with Crippen LogP contribution in [0, 0.1) is 5.92 Å². The van der Waals surface area contributed by atoms with Crippen molar-refractivity contribution in [3.05, 3.63) is 42.5 Å². The van der Waals surface area contributed by atoms with E-state index in [0.717, 1.165) is 5.69 Å². The molecule has 1 atom stereocenters. The quantitative estimate of drug-likeness (QED) is 0.912. The number of rotatable bonds is 5. The van der Waals surface area contributed by atoms with Gasteiger partial charge in [0.25, 0.3) is 0 Å². The number of benzene rings is 2. The van der Waals surface area contributed by atoms with Gasteiger partial charge in [-0.3, -0.25) is 4.79 Å². The van der Waals surface area contributed by atoms with E-state index in [-0.39, 0.29) is 11.9 Å². The number of anilines is 1. The van der Waals surface area contributed by atoms with Crippen molar-refractivity contribution in [2.75, 3.05) is 18.5 Å². The predicted octanol–water partition coefficient (Wildman–Crippen LogP) is 3.44. The first-order valence-electron chi connectivity index (χ1n) is 7.46. The smallest absolute Gasteiger partial charge is 0.239 e. The highest BCUT2D eigenvalue weighted by molar-refractivity contribution is 5.87. The van der Waals surface area contributed by atoms with Crippen molar-refractivity contribution in [1.82, 2.24) is 5.32 Å². The van der Waals surface area contributed by atoms with E-state index in [2.05, 4.69) is 49.5 Å². The van der Waals surface area contributed by atoms with Crippen LogP contribution < -0.4 is 10.2 Å². The van der Waals surface area contributed by atoms with E-state index in [1.165, 1.54) is 10.8 Å². The second-order valence-corrected chi connectivity index (χ2v) is 5.99. The highest BCUT2D eigenvalue weighted by Crippen LogP contribution is 2.21. The summed E-state index contributed by atoms with van der Waals surface area (Å²) >= 11 is 0. The molecule has 3 heteroatoms. The fourth-order valence-corrected chi connectivity index (χ4v) is 2.19. The number of likely N-dealkylation sites (N-methyl/N-ethyl adjacent to an activating group) is 1. The van der Waals surface area contributed by atoms with Gasteiger partial charge in [0.1, 0.15) is 0 Å². The van der Waals surface area contributed by atoms with Crippen LogP contribution in [-0.2, 0) is 4.79 Å². The molecule has 2 aromatic rings. The number of nitrogens with one attached hydrogen (secondary N) is 1. The molecule has 0 fully saturated rings. The minimum atomic E-state index is 0.0619. The van der Waals surface area contributed by atoms with E-state index in [1.807, 2.05) is 31.0 Å². The molecule has 0 bridgehead atoms. The Bertz CT molecular complexity index is 621. The molecule has 2 aromatic carbocycles. The Hall–Kier alpha value is -2.03. The van der Waals surface area contributed by atoms with Crippen LogP contribution in [0.3, 0.4) is 0 Å². The molecule has 0 saturated carbocycles. The zero-order valence-electron chi connectivity index (χ0n) is 13.3. The number of hydrogen-bond acceptors (Lipinski definition) is 2. The van der Waals surface area contributed by atoms with Crippen LogP contribution in [0.15, 0.2) is 42.5 Å². The number of carbonyl (C=O) groups excluding carboxylic acids is 1. The molecule has 0 aliphatic rings. The van der Waals surface area contributed by atoms with Crippen molar-refractivity contribution >= 4 is 22.4 Å². The molecular weight excluding hydrogens is 260 g/mol. The van der Waals surface area contributed by atoms with Crippen molar-refractivity contribution in [1.29, 1.82) is 0 Å². The third-order valence-corrected chi connectivity index (χ3v) is 3.94. The monoisotopic (exact) mass is 284 g/mol. The van der Waals surface area contributed by atoms with Gasteiger partial charge in [0, 0.05) is 18.8 Å². The maximum Gasteiger partial charge on any atom is 0.239 e. The summed E-state index contributed by atoms with van der Waals surface area (Å²) in [6.45, 7) is 6.63. The van der Waals surface area contributed by atoms with Crippen LogP contribution in [0.5, 0.6) is 0 Å². The molecule has 112 valence electrons. The molecule has 0 spiro atoms.